The molecule has 0 radical (unpaired) electrons. The van der Waals surface area contributed by atoms with Gasteiger partial charge in [-0.3, -0.25) is 0 Å². The lowest BCUT2D eigenvalue weighted by Crippen LogP contribution is -2.34. The van der Waals surface area contributed by atoms with Crippen LogP contribution in [0.4, 0.5) is 0 Å². The van der Waals surface area contributed by atoms with Crippen LogP contribution in [0, 0.1) is 5.92 Å². The third-order valence-corrected chi connectivity index (χ3v) is 2.61. The highest BCUT2D eigenvalue weighted by atomic mass is 16.6. The van der Waals surface area contributed by atoms with Crippen molar-refractivity contribution < 1.29 is 4.84 Å². The van der Waals surface area contributed by atoms with Gasteiger partial charge in [0.15, 0.2) is 0 Å². The third-order valence-electron chi connectivity index (χ3n) is 2.61. The fourth-order valence-electron chi connectivity index (χ4n) is 1.66. The standard InChI is InChI=1S/C9H20N2O/c1-9-3-6-11(7-4-9)5-2-8-12-10/h9H,2-8,10H2,1H3. The van der Waals surface area contributed by atoms with E-state index in [0.29, 0.717) is 6.61 Å². The molecule has 0 atom stereocenters. The van der Waals surface area contributed by atoms with Crippen molar-refractivity contribution in [2.45, 2.75) is 26.2 Å². The Kier molecular flexibility index (Phi) is 4.58. The molecule has 12 heavy (non-hydrogen) atoms. The topological polar surface area (TPSA) is 38.5 Å². The van der Waals surface area contributed by atoms with Crippen LogP contribution in [0.25, 0.3) is 0 Å². The van der Waals surface area contributed by atoms with Crippen LogP contribution >= 0.6 is 0 Å². The first-order valence-electron chi connectivity index (χ1n) is 4.87. The Morgan fingerprint density at radius 1 is 1.42 bits per heavy atom. The Labute approximate surface area is 74.8 Å². The van der Waals surface area contributed by atoms with Crippen molar-refractivity contribution in [3.05, 3.63) is 0 Å². The van der Waals surface area contributed by atoms with E-state index in [9.17, 15) is 0 Å². The molecule has 0 aliphatic carbocycles. The van der Waals surface area contributed by atoms with Crippen molar-refractivity contribution in [1.29, 1.82) is 0 Å². The predicted molar refractivity (Wildman–Crippen MR) is 49.6 cm³/mol. The lowest BCUT2D eigenvalue weighted by Gasteiger charge is -2.29. The first kappa shape index (κ1) is 9.96. The van der Waals surface area contributed by atoms with E-state index in [1.807, 2.05) is 0 Å². The van der Waals surface area contributed by atoms with Crippen molar-refractivity contribution in [1.82, 2.24) is 4.90 Å². The summed E-state index contributed by atoms with van der Waals surface area (Å²) in [7, 11) is 0. The molecule has 72 valence electrons. The second-order valence-corrected chi connectivity index (χ2v) is 3.75. The quantitative estimate of drug-likeness (QED) is 0.508. The van der Waals surface area contributed by atoms with Gasteiger partial charge in [0.05, 0.1) is 6.61 Å². The molecule has 1 saturated heterocycles. The highest BCUT2D eigenvalue weighted by Gasteiger charge is 2.14. The van der Waals surface area contributed by atoms with E-state index in [-0.39, 0.29) is 0 Å². The van der Waals surface area contributed by atoms with Crippen LogP contribution in [0.5, 0.6) is 0 Å². The molecule has 0 amide bonds. The van der Waals surface area contributed by atoms with E-state index < -0.39 is 0 Å². The Bertz CT molecular complexity index is 111. The van der Waals surface area contributed by atoms with E-state index >= 15 is 0 Å². The summed E-state index contributed by atoms with van der Waals surface area (Å²) in [6, 6.07) is 0. The second kappa shape index (κ2) is 5.51. The van der Waals surface area contributed by atoms with Gasteiger partial charge in [0.2, 0.25) is 0 Å². The molecule has 0 aromatic heterocycles. The fraction of sp³-hybridized carbons (Fsp3) is 1.00. The van der Waals surface area contributed by atoms with Crippen LogP contribution in [-0.4, -0.2) is 31.1 Å². The van der Waals surface area contributed by atoms with Gasteiger partial charge < -0.3 is 9.74 Å². The Morgan fingerprint density at radius 3 is 2.67 bits per heavy atom. The number of hydrogen-bond acceptors (Lipinski definition) is 3. The van der Waals surface area contributed by atoms with Crippen LogP contribution in [-0.2, 0) is 4.84 Å². The summed E-state index contributed by atoms with van der Waals surface area (Å²) in [5.74, 6) is 5.87. The summed E-state index contributed by atoms with van der Waals surface area (Å²) in [5, 5.41) is 0. The van der Waals surface area contributed by atoms with E-state index in [0.717, 1.165) is 18.9 Å². The SMILES string of the molecule is CC1CCN(CCCON)CC1. The highest BCUT2D eigenvalue weighted by molar-refractivity contribution is 4.68. The molecule has 1 aliphatic rings. The average molecular weight is 172 g/mol. The zero-order valence-corrected chi connectivity index (χ0v) is 7.96. The van der Waals surface area contributed by atoms with Gasteiger partial charge in [-0.15, -0.1) is 0 Å². The lowest BCUT2D eigenvalue weighted by atomic mass is 9.99. The molecule has 0 aromatic carbocycles. The van der Waals surface area contributed by atoms with Crippen LogP contribution < -0.4 is 5.90 Å². The molecule has 1 rings (SSSR count). The molecular weight excluding hydrogens is 152 g/mol. The Morgan fingerprint density at radius 2 is 2.08 bits per heavy atom. The lowest BCUT2D eigenvalue weighted by molar-refractivity contribution is 0.115. The van der Waals surface area contributed by atoms with Gasteiger partial charge in [-0.25, -0.2) is 5.90 Å². The normalized spacial score (nSPS) is 21.5. The second-order valence-electron chi connectivity index (χ2n) is 3.75. The smallest absolute Gasteiger partial charge is 0.0691 e. The van der Waals surface area contributed by atoms with Gasteiger partial charge in [-0.2, -0.15) is 0 Å². The van der Waals surface area contributed by atoms with Crippen molar-refractivity contribution >= 4 is 0 Å². The number of nitrogens with two attached hydrogens (primary N) is 1. The minimum absolute atomic E-state index is 0.687. The fourth-order valence-corrected chi connectivity index (χ4v) is 1.66. The van der Waals surface area contributed by atoms with Gasteiger partial charge >= 0.3 is 0 Å². The molecule has 1 fully saturated rings. The maximum atomic E-state index is 4.95. The number of rotatable bonds is 4. The summed E-state index contributed by atoms with van der Waals surface area (Å²) in [6.07, 6.45) is 3.76. The summed E-state index contributed by atoms with van der Waals surface area (Å²) >= 11 is 0. The average Bonchev–Trinajstić information content (AvgIpc) is 2.09. The first-order valence-corrected chi connectivity index (χ1v) is 4.87. The van der Waals surface area contributed by atoms with E-state index in [4.69, 9.17) is 5.90 Å². The van der Waals surface area contributed by atoms with E-state index in [2.05, 4.69) is 16.7 Å². The van der Waals surface area contributed by atoms with Gasteiger partial charge in [0, 0.05) is 6.54 Å². The molecule has 0 aromatic rings. The molecule has 1 aliphatic heterocycles. The molecular formula is C9H20N2O. The summed E-state index contributed by atoms with van der Waals surface area (Å²) in [4.78, 5) is 7.03. The zero-order chi connectivity index (χ0) is 8.81. The highest BCUT2D eigenvalue weighted by Crippen LogP contribution is 2.15. The van der Waals surface area contributed by atoms with Crippen LogP contribution in [0.1, 0.15) is 26.2 Å². The maximum absolute atomic E-state index is 4.95. The Hall–Kier alpha value is -0.120. The number of likely N-dealkylation sites (tertiary alicyclic amines) is 1. The Balaban J connectivity index is 2.01. The van der Waals surface area contributed by atoms with Crippen molar-refractivity contribution in [3.63, 3.8) is 0 Å². The molecule has 3 nitrogen and oxygen atoms in total. The molecule has 1 heterocycles. The van der Waals surface area contributed by atoms with Gasteiger partial charge in [0.25, 0.3) is 0 Å². The van der Waals surface area contributed by atoms with Crippen molar-refractivity contribution in [2.75, 3.05) is 26.2 Å². The zero-order valence-electron chi connectivity index (χ0n) is 7.96. The number of piperidine rings is 1. The van der Waals surface area contributed by atoms with Crippen LogP contribution in [0.3, 0.4) is 0 Å². The summed E-state index contributed by atoms with van der Waals surface area (Å²) in [5.41, 5.74) is 0. The number of hydrogen-bond donors (Lipinski definition) is 1. The van der Waals surface area contributed by atoms with Gasteiger partial charge in [-0.05, 0) is 38.3 Å². The van der Waals surface area contributed by atoms with Crippen LogP contribution in [0.2, 0.25) is 0 Å². The summed E-state index contributed by atoms with van der Waals surface area (Å²) < 4.78 is 0. The molecule has 2 N–H and O–H groups in total. The maximum Gasteiger partial charge on any atom is 0.0691 e. The van der Waals surface area contributed by atoms with Crippen LogP contribution in [0.15, 0.2) is 0 Å². The van der Waals surface area contributed by atoms with E-state index in [1.165, 1.54) is 25.9 Å². The predicted octanol–water partition coefficient (Wildman–Crippen LogP) is 0.999. The van der Waals surface area contributed by atoms with Gasteiger partial charge in [-0.1, -0.05) is 6.92 Å². The molecule has 0 unspecified atom stereocenters. The van der Waals surface area contributed by atoms with Gasteiger partial charge in [0.1, 0.15) is 0 Å². The molecule has 0 bridgehead atoms. The van der Waals surface area contributed by atoms with Crippen molar-refractivity contribution in [2.24, 2.45) is 11.8 Å². The minimum Gasteiger partial charge on any atom is -0.305 e. The largest absolute Gasteiger partial charge is 0.305 e. The molecule has 0 spiro atoms. The molecule has 3 heteroatoms. The summed E-state index contributed by atoms with van der Waals surface area (Å²) in [6.45, 7) is 6.67. The monoisotopic (exact) mass is 172 g/mol. The number of nitrogens with zero attached hydrogens (tertiary/aromatic N) is 1. The first-order chi connectivity index (χ1) is 5.83. The third kappa shape index (κ3) is 3.52. The molecule has 0 saturated carbocycles. The minimum atomic E-state index is 0.687. The van der Waals surface area contributed by atoms with E-state index in [1.54, 1.807) is 0 Å². The van der Waals surface area contributed by atoms with Crippen molar-refractivity contribution in [3.8, 4) is 0 Å².